The van der Waals surface area contributed by atoms with Crippen LogP contribution >= 0.6 is 0 Å². The van der Waals surface area contributed by atoms with Gasteiger partial charge >= 0.3 is 5.97 Å². The second-order valence-electron chi connectivity index (χ2n) is 5.89. The number of oxazole rings is 1. The molecule has 128 valence electrons. The summed E-state index contributed by atoms with van der Waals surface area (Å²) in [6, 6.07) is 7.78. The molecule has 2 rings (SSSR count). The number of carbonyl (C=O) groups is 2. The fourth-order valence-electron chi connectivity index (χ4n) is 2.26. The van der Waals surface area contributed by atoms with E-state index >= 15 is 0 Å². The van der Waals surface area contributed by atoms with Gasteiger partial charge in [0, 0.05) is 30.9 Å². The van der Waals surface area contributed by atoms with Crippen molar-refractivity contribution in [3.8, 4) is 11.3 Å². The van der Waals surface area contributed by atoms with Gasteiger partial charge in [0.05, 0.1) is 6.20 Å². The normalized spacial score (nSPS) is 11.9. The van der Waals surface area contributed by atoms with Gasteiger partial charge < -0.3 is 14.8 Å². The van der Waals surface area contributed by atoms with Gasteiger partial charge in [-0.1, -0.05) is 29.8 Å². The molecule has 0 saturated carbocycles. The summed E-state index contributed by atoms with van der Waals surface area (Å²) in [5, 5.41) is 11.4. The van der Waals surface area contributed by atoms with Crippen molar-refractivity contribution < 1.29 is 19.1 Å². The molecule has 1 aromatic heterocycles. The van der Waals surface area contributed by atoms with Crippen LogP contribution in [-0.2, 0) is 16.0 Å². The summed E-state index contributed by atoms with van der Waals surface area (Å²) in [7, 11) is 0. The highest BCUT2D eigenvalue weighted by Crippen LogP contribution is 2.21. The maximum atomic E-state index is 11.9. The van der Waals surface area contributed by atoms with Gasteiger partial charge in [0.2, 0.25) is 5.91 Å². The number of benzene rings is 1. The molecule has 6 heteroatoms. The minimum atomic E-state index is -0.862. The lowest BCUT2D eigenvalue weighted by Gasteiger charge is -2.12. The van der Waals surface area contributed by atoms with E-state index in [9.17, 15) is 9.59 Å². The molecule has 1 unspecified atom stereocenters. The van der Waals surface area contributed by atoms with E-state index in [-0.39, 0.29) is 24.8 Å². The van der Waals surface area contributed by atoms with E-state index in [1.807, 2.05) is 31.2 Å². The zero-order chi connectivity index (χ0) is 17.5. The molecule has 24 heavy (non-hydrogen) atoms. The van der Waals surface area contributed by atoms with Crippen molar-refractivity contribution in [1.29, 1.82) is 0 Å². The molecule has 0 bridgehead atoms. The molecular formula is C18H22N2O4. The minimum Gasteiger partial charge on any atom is -0.481 e. The zero-order valence-corrected chi connectivity index (χ0v) is 13.9. The smallest absolute Gasteiger partial charge is 0.303 e. The number of amides is 1. The molecule has 1 aromatic carbocycles. The van der Waals surface area contributed by atoms with E-state index in [0.717, 1.165) is 5.56 Å². The van der Waals surface area contributed by atoms with Gasteiger partial charge in [0.1, 0.15) is 0 Å². The van der Waals surface area contributed by atoms with Crippen LogP contribution in [0.15, 0.2) is 34.9 Å². The number of hydrogen-bond donors (Lipinski definition) is 2. The van der Waals surface area contributed by atoms with Crippen LogP contribution in [0.3, 0.4) is 0 Å². The summed E-state index contributed by atoms with van der Waals surface area (Å²) < 4.78 is 5.68. The highest BCUT2D eigenvalue weighted by atomic mass is 16.4. The summed E-state index contributed by atoms with van der Waals surface area (Å²) in [5.74, 6) is 0.196. The highest BCUT2D eigenvalue weighted by Gasteiger charge is 2.12. The van der Waals surface area contributed by atoms with Gasteiger partial charge in [-0.2, -0.15) is 0 Å². The van der Waals surface area contributed by atoms with Crippen LogP contribution in [0.1, 0.15) is 37.6 Å². The number of aryl methyl sites for hydroxylation is 2. The van der Waals surface area contributed by atoms with Crippen LogP contribution in [0.4, 0.5) is 0 Å². The van der Waals surface area contributed by atoms with Crippen molar-refractivity contribution in [2.45, 2.75) is 45.6 Å². The van der Waals surface area contributed by atoms with Crippen LogP contribution < -0.4 is 5.32 Å². The highest BCUT2D eigenvalue weighted by molar-refractivity contribution is 5.76. The Bertz CT molecular complexity index is 691. The van der Waals surface area contributed by atoms with Crippen LogP contribution in [0.25, 0.3) is 11.3 Å². The molecule has 1 atom stereocenters. The first-order valence-electron chi connectivity index (χ1n) is 7.97. The molecule has 0 spiro atoms. The summed E-state index contributed by atoms with van der Waals surface area (Å²) >= 11 is 0. The fourth-order valence-corrected chi connectivity index (χ4v) is 2.26. The molecule has 1 heterocycles. The van der Waals surface area contributed by atoms with Crippen molar-refractivity contribution in [3.63, 3.8) is 0 Å². The van der Waals surface area contributed by atoms with Gasteiger partial charge in [0.15, 0.2) is 11.7 Å². The third-order valence-electron chi connectivity index (χ3n) is 3.65. The van der Waals surface area contributed by atoms with Gasteiger partial charge in [0.25, 0.3) is 0 Å². The average Bonchev–Trinajstić information content (AvgIpc) is 3.00. The lowest BCUT2D eigenvalue weighted by Crippen LogP contribution is -2.33. The predicted molar refractivity (Wildman–Crippen MR) is 89.5 cm³/mol. The Morgan fingerprint density at radius 1 is 1.25 bits per heavy atom. The number of carboxylic acids is 1. The van der Waals surface area contributed by atoms with Crippen molar-refractivity contribution in [2.24, 2.45) is 0 Å². The number of rotatable bonds is 8. The number of nitrogens with zero attached hydrogens (tertiary/aromatic N) is 1. The summed E-state index contributed by atoms with van der Waals surface area (Å²) in [5.41, 5.74) is 2.12. The average molecular weight is 330 g/mol. The first-order chi connectivity index (χ1) is 11.4. The second-order valence-corrected chi connectivity index (χ2v) is 5.89. The zero-order valence-electron chi connectivity index (χ0n) is 13.9. The fraction of sp³-hybridized carbons (Fsp3) is 0.389. The van der Waals surface area contributed by atoms with Crippen molar-refractivity contribution in [3.05, 3.63) is 41.9 Å². The molecule has 0 aliphatic rings. The SMILES string of the molecule is Cc1ccc(-c2cnc(CCC(=O)NC(C)CCC(=O)O)o2)cc1. The van der Waals surface area contributed by atoms with Crippen LogP contribution in [0.5, 0.6) is 0 Å². The van der Waals surface area contributed by atoms with Crippen molar-refractivity contribution in [1.82, 2.24) is 10.3 Å². The Balaban J connectivity index is 1.81. The van der Waals surface area contributed by atoms with E-state index in [0.29, 0.717) is 24.5 Å². The third kappa shape index (κ3) is 5.53. The largest absolute Gasteiger partial charge is 0.481 e. The Labute approximate surface area is 140 Å². The summed E-state index contributed by atoms with van der Waals surface area (Å²) in [4.78, 5) is 26.6. The molecule has 0 aliphatic carbocycles. The standard InChI is InChI=1S/C18H22N2O4/c1-12-3-6-14(7-4-12)15-11-19-17(24-15)9-8-16(21)20-13(2)5-10-18(22)23/h3-4,6-7,11,13H,5,8-10H2,1-2H3,(H,20,21)(H,22,23). The molecule has 2 aromatic rings. The monoisotopic (exact) mass is 330 g/mol. The molecule has 2 N–H and O–H groups in total. The molecule has 0 aliphatic heterocycles. The van der Waals surface area contributed by atoms with E-state index in [2.05, 4.69) is 10.3 Å². The lowest BCUT2D eigenvalue weighted by molar-refractivity contribution is -0.137. The Morgan fingerprint density at radius 3 is 2.62 bits per heavy atom. The Kier molecular flexibility index (Phi) is 6.12. The number of aliphatic carboxylic acids is 1. The molecule has 1 amide bonds. The molecule has 0 fully saturated rings. The maximum absolute atomic E-state index is 11.9. The third-order valence-corrected chi connectivity index (χ3v) is 3.65. The number of carboxylic acid groups (broad SMARTS) is 1. The molecule has 0 saturated heterocycles. The predicted octanol–water partition coefficient (Wildman–Crippen LogP) is 2.95. The van der Waals surface area contributed by atoms with Gasteiger partial charge in [-0.3, -0.25) is 9.59 Å². The molecular weight excluding hydrogens is 308 g/mol. The summed E-state index contributed by atoms with van der Waals surface area (Å²) in [6.45, 7) is 3.81. The van der Waals surface area contributed by atoms with Crippen LogP contribution in [0, 0.1) is 6.92 Å². The maximum Gasteiger partial charge on any atom is 0.303 e. The number of hydrogen-bond acceptors (Lipinski definition) is 4. The molecule has 6 nitrogen and oxygen atoms in total. The van der Waals surface area contributed by atoms with Crippen molar-refractivity contribution >= 4 is 11.9 Å². The second kappa shape index (κ2) is 8.29. The first-order valence-corrected chi connectivity index (χ1v) is 7.97. The Hall–Kier alpha value is -2.63. The van der Waals surface area contributed by atoms with E-state index in [4.69, 9.17) is 9.52 Å². The van der Waals surface area contributed by atoms with Crippen molar-refractivity contribution in [2.75, 3.05) is 0 Å². The lowest BCUT2D eigenvalue weighted by atomic mass is 10.1. The Morgan fingerprint density at radius 2 is 1.96 bits per heavy atom. The molecule has 0 radical (unpaired) electrons. The first kappa shape index (κ1) is 17.7. The topological polar surface area (TPSA) is 92.4 Å². The number of carbonyl (C=O) groups excluding carboxylic acids is 1. The van der Waals surface area contributed by atoms with Gasteiger partial charge in [-0.15, -0.1) is 0 Å². The van der Waals surface area contributed by atoms with Crippen LogP contribution in [-0.4, -0.2) is 28.0 Å². The summed E-state index contributed by atoms with van der Waals surface area (Å²) in [6.07, 6.45) is 2.78. The van der Waals surface area contributed by atoms with Gasteiger partial charge in [-0.05, 0) is 20.3 Å². The van der Waals surface area contributed by atoms with E-state index in [1.54, 1.807) is 13.1 Å². The minimum absolute atomic E-state index is 0.0428. The van der Waals surface area contributed by atoms with E-state index in [1.165, 1.54) is 5.56 Å². The van der Waals surface area contributed by atoms with Gasteiger partial charge in [-0.25, -0.2) is 4.98 Å². The van der Waals surface area contributed by atoms with E-state index < -0.39 is 5.97 Å². The quantitative estimate of drug-likeness (QED) is 0.776. The van der Waals surface area contributed by atoms with Crippen LogP contribution in [0.2, 0.25) is 0 Å². The number of aromatic nitrogens is 1. The number of nitrogens with one attached hydrogen (secondary N) is 1.